The van der Waals surface area contributed by atoms with Gasteiger partial charge >= 0.3 is 0 Å². The number of non-ortho nitro benzene ring substituents is 1. The summed E-state index contributed by atoms with van der Waals surface area (Å²) in [5.41, 5.74) is 3.20. The molecule has 0 fully saturated rings. The number of anilines is 1. The van der Waals surface area contributed by atoms with Crippen molar-refractivity contribution < 1.29 is 22.8 Å². The maximum Gasteiger partial charge on any atom is 0.270 e. The van der Waals surface area contributed by atoms with Gasteiger partial charge in [0.15, 0.2) is 0 Å². The molecule has 0 heterocycles. The summed E-state index contributed by atoms with van der Waals surface area (Å²) >= 11 is 0. The Morgan fingerprint density at radius 3 is 2.32 bits per heavy atom. The zero-order valence-electron chi connectivity index (χ0n) is 20.0. The predicted octanol–water partition coefficient (Wildman–Crippen LogP) is 4.65. The normalized spacial score (nSPS) is 11.7. The topological polar surface area (TPSA) is 123 Å². The highest BCUT2D eigenvalue weighted by Gasteiger charge is 2.27. The van der Waals surface area contributed by atoms with E-state index in [-0.39, 0.29) is 29.4 Å². The number of benzene rings is 2. The summed E-state index contributed by atoms with van der Waals surface area (Å²) < 4.78 is 38.9. The molecular formula is C23H32N4O6S. The third kappa shape index (κ3) is 6.91. The van der Waals surface area contributed by atoms with Gasteiger partial charge in [-0.2, -0.15) is 9.41 Å². The van der Waals surface area contributed by atoms with Crippen molar-refractivity contribution in [1.82, 2.24) is 4.31 Å². The van der Waals surface area contributed by atoms with Crippen LogP contribution in [-0.4, -0.2) is 50.2 Å². The maximum absolute atomic E-state index is 13.1. The number of nitrogens with zero attached hydrogens (tertiary/aromatic N) is 3. The second-order valence-corrected chi connectivity index (χ2v) is 9.20. The lowest BCUT2D eigenvalue weighted by Crippen LogP contribution is -2.31. The SMILES string of the molecule is CCCOc1ccc(/C=N/Nc2ccc([N+](=O)[O-])cc2S(=O)(=O)N(CC)CC)c(OCCC)c1. The minimum atomic E-state index is -3.97. The second kappa shape index (κ2) is 12.9. The first-order valence-electron chi connectivity index (χ1n) is 11.3. The van der Waals surface area contributed by atoms with Crippen molar-refractivity contribution in [2.45, 2.75) is 45.4 Å². The summed E-state index contributed by atoms with van der Waals surface area (Å²) in [6.07, 6.45) is 3.21. The summed E-state index contributed by atoms with van der Waals surface area (Å²) in [7, 11) is -3.97. The Hall–Kier alpha value is -3.18. The van der Waals surface area contributed by atoms with Crippen molar-refractivity contribution in [2.24, 2.45) is 5.10 Å². The Labute approximate surface area is 200 Å². The molecule has 2 rings (SSSR count). The number of sulfonamides is 1. The first-order valence-corrected chi connectivity index (χ1v) is 12.7. The van der Waals surface area contributed by atoms with Crippen molar-refractivity contribution in [3.63, 3.8) is 0 Å². The fourth-order valence-corrected chi connectivity index (χ4v) is 4.69. The van der Waals surface area contributed by atoms with E-state index in [4.69, 9.17) is 9.47 Å². The van der Waals surface area contributed by atoms with Crippen LogP contribution in [0, 0.1) is 10.1 Å². The highest BCUT2D eigenvalue weighted by atomic mass is 32.2. The summed E-state index contributed by atoms with van der Waals surface area (Å²) in [5.74, 6) is 1.27. The third-order valence-corrected chi connectivity index (χ3v) is 6.90. The molecule has 0 amide bonds. The van der Waals surface area contributed by atoms with Crippen molar-refractivity contribution in [1.29, 1.82) is 0 Å². The molecule has 0 spiro atoms. The maximum atomic E-state index is 13.1. The molecule has 0 saturated heterocycles. The van der Waals surface area contributed by atoms with Gasteiger partial charge in [0.2, 0.25) is 10.0 Å². The predicted molar refractivity (Wildman–Crippen MR) is 132 cm³/mol. The fourth-order valence-electron chi connectivity index (χ4n) is 3.07. The van der Waals surface area contributed by atoms with Crippen molar-refractivity contribution >= 4 is 27.6 Å². The minimum absolute atomic E-state index is 0.132. The lowest BCUT2D eigenvalue weighted by Gasteiger charge is -2.20. The molecule has 0 unspecified atom stereocenters. The van der Waals surface area contributed by atoms with E-state index in [1.54, 1.807) is 32.0 Å². The molecule has 186 valence electrons. The zero-order chi connectivity index (χ0) is 25.1. The van der Waals surface area contributed by atoms with Gasteiger partial charge in [-0.25, -0.2) is 8.42 Å². The van der Waals surface area contributed by atoms with E-state index in [0.717, 1.165) is 18.9 Å². The first-order chi connectivity index (χ1) is 16.3. The van der Waals surface area contributed by atoms with Crippen LogP contribution in [0.3, 0.4) is 0 Å². The summed E-state index contributed by atoms with van der Waals surface area (Å²) in [5, 5.41) is 15.4. The minimum Gasteiger partial charge on any atom is -0.493 e. The van der Waals surface area contributed by atoms with E-state index in [9.17, 15) is 18.5 Å². The molecule has 1 N–H and O–H groups in total. The summed E-state index contributed by atoms with van der Waals surface area (Å²) in [6.45, 7) is 8.99. The molecule has 34 heavy (non-hydrogen) atoms. The van der Waals surface area contributed by atoms with E-state index in [0.29, 0.717) is 30.3 Å². The first kappa shape index (κ1) is 27.1. The molecule has 0 aliphatic carbocycles. The molecule has 0 radical (unpaired) electrons. The van der Waals surface area contributed by atoms with Crippen LogP contribution in [0.4, 0.5) is 11.4 Å². The van der Waals surface area contributed by atoms with E-state index in [1.165, 1.54) is 22.7 Å². The number of hydrogen-bond donors (Lipinski definition) is 1. The fraction of sp³-hybridized carbons (Fsp3) is 0.435. The van der Waals surface area contributed by atoms with Gasteiger partial charge in [0, 0.05) is 36.9 Å². The molecule has 2 aromatic carbocycles. The van der Waals surface area contributed by atoms with Crippen LogP contribution in [0.25, 0.3) is 0 Å². The standard InChI is InChI=1S/C23H32N4O6S/c1-5-13-32-20-11-9-18(22(16-20)33-14-6-2)17-24-25-21-12-10-19(27(28)29)15-23(21)34(30,31)26(7-3)8-4/h9-12,15-17,25H,5-8,13-14H2,1-4H3/b24-17+. The average molecular weight is 493 g/mol. The van der Waals surface area contributed by atoms with Gasteiger partial charge in [-0.15, -0.1) is 0 Å². The van der Waals surface area contributed by atoms with Gasteiger partial charge in [0.05, 0.1) is 30.0 Å². The van der Waals surface area contributed by atoms with Crippen LogP contribution in [0.1, 0.15) is 46.1 Å². The van der Waals surface area contributed by atoms with Crippen LogP contribution in [0.5, 0.6) is 11.5 Å². The number of hydrogen-bond acceptors (Lipinski definition) is 8. The third-order valence-electron chi connectivity index (χ3n) is 4.81. The van der Waals surface area contributed by atoms with Crippen molar-refractivity contribution in [3.05, 3.63) is 52.1 Å². The number of ether oxygens (including phenoxy) is 2. The summed E-state index contributed by atoms with van der Waals surface area (Å²) in [4.78, 5) is 10.4. The van der Waals surface area contributed by atoms with Crippen molar-refractivity contribution in [3.8, 4) is 11.5 Å². The Kier molecular flexibility index (Phi) is 10.3. The Morgan fingerprint density at radius 1 is 1.03 bits per heavy atom. The van der Waals surface area contributed by atoms with Crippen LogP contribution < -0.4 is 14.9 Å². The van der Waals surface area contributed by atoms with E-state index in [1.807, 2.05) is 13.8 Å². The second-order valence-electron chi connectivity index (χ2n) is 7.29. The molecule has 0 bridgehead atoms. The lowest BCUT2D eigenvalue weighted by atomic mass is 10.2. The number of hydrazone groups is 1. The van der Waals surface area contributed by atoms with E-state index < -0.39 is 14.9 Å². The largest absolute Gasteiger partial charge is 0.493 e. The van der Waals surface area contributed by atoms with Gasteiger partial charge in [-0.05, 0) is 31.0 Å². The molecule has 0 atom stereocenters. The molecule has 0 aliphatic rings. The smallest absolute Gasteiger partial charge is 0.270 e. The molecular weight excluding hydrogens is 460 g/mol. The molecule has 11 heteroatoms. The quantitative estimate of drug-likeness (QED) is 0.231. The van der Waals surface area contributed by atoms with Crippen LogP contribution in [0.2, 0.25) is 0 Å². The Morgan fingerprint density at radius 2 is 1.71 bits per heavy atom. The average Bonchev–Trinajstić information content (AvgIpc) is 2.82. The summed E-state index contributed by atoms with van der Waals surface area (Å²) in [6, 6.07) is 9.00. The molecule has 2 aromatic rings. The number of rotatable bonds is 14. The number of nitrogens with one attached hydrogen (secondary N) is 1. The van der Waals surface area contributed by atoms with E-state index in [2.05, 4.69) is 10.5 Å². The van der Waals surface area contributed by atoms with Crippen LogP contribution in [0.15, 0.2) is 46.4 Å². The molecule has 0 aromatic heterocycles. The van der Waals surface area contributed by atoms with Gasteiger partial charge in [-0.3, -0.25) is 15.5 Å². The van der Waals surface area contributed by atoms with Crippen LogP contribution in [-0.2, 0) is 10.0 Å². The highest BCUT2D eigenvalue weighted by molar-refractivity contribution is 7.89. The van der Waals surface area contributed by atoms with E-state index >= 15 is 0 Å². The van der Waals surface area contributed by atoms with Gasteiger partial charge in [0.25, 0.3) is 5.69 Å². The number of nitro groups is 1. The molecule has 0 saturated carbocycles. The Balaban J connectivity index is 2.39. The highest BCUT2D eigenvalue weighted by Crippen LogP contribution is 2.29. The van der Waals surface area contributed by atoms with Crippen LogP contribution >= 0.6 is 0 Å². The molecule has 10 nitrogen and oxygen atoms in total. The number of nitro benzene ring substituents is 1. The van der Waals surface area contributed by atoms with Gasteiger partial charge in [0.1, 0.15) is 16.4 Å². The van der Waals surface area contributed by atoms with Gasteiger partial charge in [-0.1, -0.05) is 27.7 Å². The van der Waals surface area contributed by atoms with Gasteiger partial charge < -0.3 is 9.47 Å². The zero-order valence-corrected chi connectivity index (χ0v) is 20.8. The lowest BCUT2D eigenvalue weighted by molar-refractivity contribution is -0.385. The molecule has 0 aliphatic heterocycles. The van der Waals surface area contributed by atoms with Crippen molar-refractivity contribution in [2.75, 3.05) is 31.7 Å². The monoisotopic (exact) mass is 492 g/mol. The Bertz CT molecular complexity index is 1100.